The fourth-order valence-corrected chi connectivity index (χ4v) is 3.66. The minimum absolute atomic E-state index is 0. The zero-order chi connectivity index (χ0) is 13.4. The maximum atomic E-state index is 6.18. The Bertz CT molecular complexity index is 468. The van der Waals surface area contributed by atoms with Gasteiger partial charge in [0.05, 0.1) is 12.8 Å². The van der Waals surface area contributed by atoms with Crippen LogP contribution in [0.25, 0.3) is 0 Å². The van der Waals surface area contributed by atoms with Gasteiger partial charge in [-0.3, -0.25) is 9.88 Å². The maximum absolute atomic E-state index is 6.18. The van der Waals surface area contributed by atoms with Gasteiger partial charge in [-0.25, -0.2) is 0 Å². The van der Waals surface area contributed by atoms with Crippen LogP contribution in [0.15, 0.2) is 12.1 Å². The Labute approximate surface area is 127 Å². The minimum atomic E-state index is 0. The van der Waals surface area contributed by atoms with Gasteiger partial charge < -0.3 is 10.5 Å². The average Bonchev–Trinajstić information content (AvgIpc) is 2.91. The summed E-state index contributed by atoms with van der Waals surface area (Å²) in [5.41, 5.74) is 8.30. The van der Waals surface area contributed by atoms with Crippen molar-refractivity contribution < 1.29 is 4.74 Å². The minimum Gasteiger partial charge on any atom is -0.497 e. The molecule has 2 N–H and O–H groups in total. The molecule has 0 radical (unpaired) electrons. The van der Waals surface area contributed by atoms with Crippen LogP contribution in [0.3, 0.4) is 0 Å². The third kappa shape index (κ3) is 3.08. The van der Waals surface area contributed by atoms with Crippen molar-refractivity contribution in [1.29, 1.82) is 0 Å². The number of ether oxygens (including phenoxy) is 1. The van der Waals surface area contributed by atoms with Gasteiger partial charge in [-0.1, -0.05) is 0 Å². The standard InChI is InChI=1S/C15H23N3O.ClH/c1-10-5-13(19-2)6-12(17-10)8-18-7-11-3-4-15(16)14(11)9-18;/h5-6,11,14-15H,3-4,7-9,16H2,1-2H3;1H. The van der Waals surface area contributed by atoms with Crippen LogP contribution >= 0.6 is 12.4 Å². The molecule has 3 atom stereocenters. The number of aryl methyl sites for hydroxylation is 1. The van der Waals surface area contributed by atoms with Crippen LogP contribution in [0.5, 0.6) is 5.75 Å². The Morgan fingerprint density at radius 3 is 2.85 bits per heavy atom. The lowest BCUT2D eigenvalue weighted by atomic mass is 9.98. The molecule has 5 heteroatoms. The maximum Gasteiger partial charge on any atom is 0.122 e. The number of rotatable bonds is 3. The number of methoxy groups -OCH3 is 1. The Kier molecular flexibility index (Phi) is 4.89. The molecular weight excluding hydrogens is 274 g/mol. The van der Waals surface area contributed by atoms with E-state index < -0.39 is 0 Å². The molecule has 3 rings (SSSR count). The molecule has 2 heterocycles. The summed E-state index contributed by atoms with van der Waals surface area (Å²) < 4.78 is 5.31. The van der Waals surface area contributed by atoms with Crippen molar-refractivity contribution in [2.24, 2.45) is 17.6 Å². The molecule has 3 unspecified atom stereocenters. The van der Waals surface area contributed by atoms with E-state index in [0.29, 0.717) is 12.0 Å². The van der Waals surface area contributed by atoms with Gasteiger partial charge in [0.2, 0.25) is 0 Å². The first-order valence-electron chi connectivity index (χ1n) is 7.15. The highest BCUT2D eigenvalue weighted by molar-refractivity contribution is 5.85. The number of pyridine rings is 1. The predicted molar refractivity (Wildman–Crippen MR) is 82.2 cm³/mol. The van der Waals surface area contributed by atoms with Gasteiger partial charge in [0, 0.05) is 43.5 Å². The van der Waals surface area contributed by atoms with Crippen LogP contribution in [-0.2, 0) is 6.54 Å². The summed E-state index contributed by atoms with van der Waals surface area (Å²) in [5, 5.41) is 0. The average molecular weight is 298 g/mol. The van der Waals surface area contributed by atoms with Gasteiger partial charge in [-0.15, -0.1) is 12.4 Å². The summed E-state index contributed by atoms with van der Waals surface area (Å²) in [6, 6.07) is 4.43. The van der Waals surface area contributed by atoms with Gasteiger partial charge in [0.15, 0.2) is 0 Å². The Morgan fingerprint density at radius 1 is 1.35 bits per heavy atom. The smallest absolute Gasteiger partial charge is 0.122 e. The van der Waals surface area contributed by atoms with Crippen molar-refractivity contribution in [3.63, 3.8) is 0 Å². The van der Waals surface area contributed by atoms with Gasteiger partial charge in [0.25, 0.3) is 0 Å². The molecule has 2 aliphatic rings. The van der Waals surface area contributed by atoms with E-state index >= 15 is 0 Å². The third-order valence-electron chi connectivity index (χ3n) is 4.59. The van der Waals surface area contributed by atoms with E-state index in [1.165, 1.54) is 19.4 Å². The lowest BCUT2D eigenvalue weighted by molar-refractivity contribution is 0.294. The first kappa shape index (κ1) is 15.5. The molecule has 2 fully saturated rings. The second-order valence-corrected chi connectivity index (χ2v) is 6.00. The first-order valence-corrected chi connectivity index (χ1v) is 7.15. The molecule has 1 saturated carbocycles. The number of nitrogens with zero attached hydrogens (tertiary/aromatic N) is 2. The molecule has 0 amide bonds. The zero-order valence-corrected chi connectivity index (χ0v) is 13.0. The zero-order valence-electron chi connectivity index (χ0n) is 12.2. The summed E-state index contributed by atoms with van der Waals surface area (Å²) in [5.74, 6) is 2.41. The molecule has 112 valence electrons. The van der Waals surface area contributed by atoms with Crippen LogP contribution in [0, 0.1) is 18.8 Å². The van der Waals surface area contributed by atoms with E-state index in [9.17, 15) is 0 Å². The highest BCUT2D eigenvalue weighted by atomic mass is 35.5. The fraction of sp³-hybridized carbons (Fsp3) is 0.667. The van der Waals surface area contributed by atoms with Crippen molar-refractivity contribution in [2.75, 3.05) is 20.2 Å². The number of hydrogen-bond acceptors (Lipinski definition) is 4. The summed E-state index contributed by atoms with van der Waals surface area (Å²) in [4.78, 5) is 7.10. The first-order chi connectivity index (χ1) is 9.15. The van der Waals surface area contributed by atoms with Crippen LogP contribution in [0.4, 0.5) is 0 Å². The second kappa shape index (κ2) is 6.29. The van der Waals surface area contributed by atoms with Gasteiger partial charge in [0.1, 0.15) is 5.75 Å². The summed E-state index contributed by atoms with van der Waals surface area (Å²) >= 11 is 0. The molecule has 1 aromatic rings. The predicted octanol–water partition coefficient (Wildman–Crippen LogP) is 1.99. The SMILES string of the molecule is COc1cc(C)nc(CN2CC3CCC(N)C3C2)c1.Cl. The molecule has 1 aliphatic heterocycles. The molecule has 0 aromatic carbocycles. The van der Waals surface area contributed by atoms with Crippen LogP contribution < -0.4 is 10.5 Å². The third-order valence-corrected chi connectivity index (χ3v) is 4.59. The quantitative estimate of drug-likeness (QED) is 0.927. The van der Waals surface area contributed by atoms with E-state index in [1.807, 2.05) is 19.1 Å². The number of hydrogen-bond donors (Lipinski definition) is 1. The van der Waals surface area contributed by atoms with E-state index in [2.05, 4.69) is 9.88 Å². The van der Waals surface area contributed by atoms with E-state index in [1.54, 1.807) is 7.11 Å². The number of aromatic nitrogens is 1. The van der Waals surface area contributed by atoms with Gasteiger partial charge >= 0.3 is 0 Å². The Morgan fingerprint density at radius 2 is 2.15 bits per heavy atom. The molecule has 0 bridgehead atoms. The van der Waals surface area contributed by atoms with Crippen molar-refractivity contribution in [3.05, 3.63) is 23.5 Å². The number of halogens is 1. The van der Waals surface area contributed by atoms with E-state index in [4.69, 9.17) is 10.5 Å². The largest absolute Gasteiger partial charge is 0.497 e. The summed E-state index contributed by atoms with van der Waals surface area (Å²) in [7, 11) is 1.71. The second-order valence-electron chi connectivity index (χ2n) is 6.00. The van der Waals surface area contributed by atoms with Crippen molar-refractivity contribution >= 4 is 12.4 Å². The molecule has 0 spiro atoms. The molecule has 20 heavy (non-hydrogen) atoms. The van der Waals surface area contributed by atoms with E-state index in [0.717, 1.165) is 36.1 Å². The van der Waals surface area contributed by atoms with Gasteiger partial charge in [-0.2, -0.15) is 0 Å². The van der Waals surface area contributed by atoms with Crippen LogP contribution in [0.1, 0.15) is 24.2 Å². The molecule has 1 saturated heterocycles. The summed E-state index contributed by atoms with van der Waals surface area (Å²) in [6.07, 6.45) is 2.51. The lowest BCUT2D eigenvalue weighted by Crippen LogP contribution is -2.30. The number of fused-ring (bicyclic) bond motifs is 1. The normalized spacial score (nSPS) is 29.1. The van der Waals surface area contributed by atoms with Crippen molar-refractivity contribution in [2.45, 2.75) is 32.4 Å². The van der Waals surface area contributed by atoms with Crippen LogP contribution in [-0.4, -0.2) is 36.1 Å². The molecule has 1 aromatic heterocycles. The lowest BCUT2D eigenvalue weighted by Gasteiger charge is -2.18. The highest BCUT2D eigenvalue weighted by Gasteiger charge is 2.40. The molecule has 4 nitrogen and oxygen atoms in total. The molecular formula is C15H24ClN3O. The Balaban J connectivity index is 0.00000147. The van der Waals surface area contributed by atoms with Crippen molar-refractivity contribution in [3.8, 4) is 5.75 Å². The summed E-state index contributed by atoms with van der Waals surface area (Å²) in [6.45, 7) is 5.23. The molecule has 1 aliphatic carbocycles. The number of nitrogens with two attached hydrogens (primary N) is 1. The van der Waals surface area contributed by atoms with Crippen molar-refractivity contribution in [1.82, 2.24) is 9.88 Å². The number of likely N-dealkylation sites (tertiary alicyclic amines) is 1. The highest BCUT2D eigenvalue weighted by Crippen LogP contribution is 2.37. The monoisotopic (exact) mass is 297 g/mol. The van der Waals surface area contributed by atoms with Gasteiger partial charge in [-0.05, 0) is 31.6 Å². The topological polar surface area (TPSA) is 51.4 Å². The Hall–Kier alpha value is -0.840. The van der Waals surface area contributed by atoms with E-state index in [-0.39, 0.29) is 12.4 Å². The van der Waals surface area contributed by atoms with Crippen LogP contribution in [0.2, 0.25) is 0 Å². The fourth-order valence-electron chi connectivity index (χ4n) is 3.66.